The molecule has 5 nitrogen and oxygen atoms in total. The fourth-order valence-electron chi connectivity index (χ4n) is 2.50. The van der Waals surface area contributed by atoms with Gasteiger partial charge in [-0.2, -0.15) is 4.79 Å². The summed E-state index contributed by atoms with van der Waals surface area (Å²) < 4.78 is 18.9. The smallest absolute Gasteiger partial charge is 0.358 e. The fraction of sp³-hybridized carbons (Fsp3) is 0.133. The van der Waals surface area contributed by atoms with E-state index < -0.39 is 27.0 Å². The third kappa shape index (κ3) is 21.7. The Hall–Kier alpha value is -1.67. The van der Waals surface area contributed by atoms with Gasteiger partial charge in [0.1, 0.15) is 11.5 Å². The van der Waals surface area contributed by atoms with Crippen LogP contribution in [0.3, 0.4) is 0 Å². The van der Waals surface area contributed by atoms with Gasteiger partial charge in [0.15, 0.2) is 0 Å². The number of hydrogen-bond acceptors (Lipinski definition) is 3. The van der Waals surface area contributed by atoms with Crippen molar-refractivity contribution in [2.45, 2.75) is 6.92 Å². The summed E-state index contributed by atoms with van der Waals surface area (Å²) >= 11 is -3.10. The fourth-order valence-corrected chi connectivity index (χ4v) is 4.31. The zero-order chi connectivity index (χ0) is 28.8. The molecule has 0 aliphatic heterocycles. The summed E-state index contributed by atoms with van der Waals surface area (Å²) in [5, 5.41) is 0. The third-order valence-corrected chi connectivity index (χ3v) is 8.59. The second kappa shape index (κ2) is 29.8. The van der Waals surface area contributed by atoms with Gasteiger partial charge in [-0.1, -0.05) is 43.0 Å². The van der Waals surface area contributed by atoms with Crippen LogP contribution in [0.2, 0.25) is 0 Å². The van der Waals surface area contributed by atoms with E-state index in [4.69, 9.17) is 58.5 Å². The van der Waals surface area contributed by atoms with Crippen LogP contribution in [0.4, 0.5) is 0 Å². The first-order chi connectivity index (χ1) is 18.3. The minimum atomic E-state index is -1.74. The number of ether oxygens (including phenoxy) is 3. The van der Waals surface area contributed by atoms with Crippen molar-refractivity contribution >= 4 is 60.3 Å². The van der Waals surface area contributed by atoms with E-state index in [-0.39, 0.29) is 22.3 Å². The molecule has 0 spiro atoms. The maximum Gasteiger partial charge on any atom is -0.358 e. The topological polar surface area (TPSA) is 64.1 Å². The van der Waals surface area contributed by atoms with E-state index in [2.05, 4.69) is 11.4 Å². The molecule has 0 radical (unpaired) electrons. The molecule has 234 valence electrons. The van der Waals surface area contributed by atoms with Gasteiger partial charge in [-0.15, -0.1) is 0 Å². The Morgan fingerprint density at radius 2 is 1.00 bits per heavy atom. The zero-order valence-corrected chi connectivity index (χ0v) is 30.8. The number of rotatable bonds is 6. The van der Waals surface area contributed by atoms with Gasteiger partial charge in [0.2, 0.25) is 0 Å². The Balaban J connectivity index is -0.000000225. The van der Waals surface area contributed by atoms with Crippen molar-refractivity contribution in [3.05, 3.63) is 124 Å². The molecule has 0 atom stereocenters. The van der Waals surface area contributed by atoms with Crippen LogP contribution in [-0.4, -0.2) is 41.6 Å². The monoisotopic (exact) mass is 819 g/mol. The van der Waals surface area contributed by atoms with E-state index >= 15 is 0 Å². The van der Waals surface area contributed by atoms with E-state index in [1.54, 1.807) is 39.5 Å². The van der Waals surface area contributed by atoms with Gasteiger partial charge in [-0.3, -0.25) is 0 Å². The molecule has 0 aliphatic rings. The molecule has 0 unspecified atom stereocenters. The van der Waals surface area contributed by atoms with Crippen molar-refractivity contribution in [3.63, 3.8) is 0 Å². The van der Waals surface area contributed by atoms with Crippen LogP contribution in [-0.2, 0) is 27.0 Å². The first-order valence-electron chi connectivity index (χ1n) is 10.6. The molecule has 0 fully saturated rings. The average Bonchev–Trinajstić information content (AvgIpc) is 2.94. The molecule has 41 heavy (non-hydrogen) atoms. The number of hydrogen-bond donors (Lipinski definition) is 0. The number of halogens is 4. The molecule has 0 heterocycles. The molecule has 0 bridgehead atoms. The SMILES string of the molecule is C=Cc1ccccc1OC.COc1ccccc1C=[N+]=[N-].COc1ccccc1[CH]=[Ru]([Cl])[Cl].C[CH]=[Ru]([Cl])[Cl].[CH3-].[CH3-].[CH3-]. The van der Waals surface area contributed by atoms with E-state index in [1.807, 2.05) is 76.8 Å². The third-order valence-electron chi connectivity index (χ3n) is 4.17. The summed E-state index contributed by atoms with van der Waals surface area (Å²) in [6.07, 6.45) is 3.11. The summed E-state index contributed by atoms with van der Waals surface area (Å²) in [7, 11) is 27.0. The average molecular weight is 820 g/mol. The molecule has 3 rings (SSSR count). The van der Waals surface area contributed by atoms with Crippen molar-refractivity contribution < 1.29 is 46.0 Å². The van der Waals surface area contributed by atoms with Crippen molar-refractivity contribution in [1.29, 1.82) is 0 Å². The quantitative estimate of drug-likeness (QED) is 0.0819. The van der Waals surface area contributed by atoms with Gasteiger partial charge in [0.25, 0.3) is 6.21 Å². The molecule has 11 heteroatoms. The zero-order valence-electron chi connectivity index (χ0n) is 24.3. The Morgan fingerprint density at radius 1 is 0.659 bits per heavy atom. The van der Waals surface area contributed by atoms with Crippen LogP contribution < -0.4 is 14.2 Å². The molecular weight excluding hydrogens is 780 g/mol. The van der Waals surface area contributed by atoms with E-state index in [0.29, 0.717) is 5.75 Å². The summed E-state index contributed by atoms with van der Waals surface area (Å²) in [5.41, 5.74) is 11.0. The van der Waals surface area contributed by atoms with Crippen LogP contribution in [0.25, 0.3) is 11.6 Å². The first-order valence-corrected chi connectivity index (χ1v) is 21.5. The molecule has 0 amide bonds. The Morgan fingerprint density at radius 3 is 1.32 bits per heavy atom. The number of nitrogens with zero attached hydrogens (tertiary/aromatic N) is 2. The van der Waals surface area contributed by atoms with Gasteiger partial charge >= 0.3 is 129 Å². The van der Waals surface area contributed by atoms with Crippen molar-refractivity contribution in [3.8, 4) is 17.2 Å². The van der Waals surface area contributed by atoms with Gasteiger partial charge < -0.3 is 37.3 Å². The number of para-hydroxylation sites is 3. The Labute approximate surface area is 273 Å². The molecule has 0 saturated heterocycles. The second-order valence-corrected chi connectivity index (χ2v) is 18.3. The molecular formula is C30H39Cl4N2O3Ru2-3. The van der Waals surface area contributed by atoms with Gasteiger partial charge in [0, 0.05) is 5.56 Å². The van der Waals surface area contributed by atoms with Crippen molar-refractivity contribution in [2.75, 3.05) is 21.3 Å². The molecule has 0 saturated carbocycles. The van der Waals surface area contributed by atoms with E-state index in [0.717, 1.165) is 28.2 Å². The predicted octanol–water partition coefficient (Wildman–Crippen LogP) is 9.54. The van der Waals surface area contributed by atoms with Crippen molar-refractivity contribution in [2.24, 2.45) is 0 Å². The van der Waals surface area contributed by atoms with Crippen LogP contribution in [0.1, 0.15) is 23.6 Å². The largest absolute Gasteiger partial charge is 0.358 e. The summed E-state index contributed by atoms with van der Waals surface area (Å²) in [4.78, 5) is 2.91. The molecule has 0 aliphatic carbocycles. The van der Waals surface area contributed by atoms with Crippen molar-refractivity contribution in [1.82, 2.24) is 0 Å². The van der Waals surface area contributed by atoms with Crippen LogP contribution in [0.15, 0.2) is 79.4 Å². The van der Waals surface area contributed by atoms with E-state index in [9.17, 15) is 0 Å². The summed E-state index contributed by atoms with van der Waals surface area (Å²) in [5.74, 6) is 2.39. The first kappa shape index (κ1) is 46.3. The van der Waals surface area contributed by atoms with Crippen LogP contribution in [0, 0.1) is 22.3 Å². The number of methoxy groups -OCH3 is 3. The molecule has 0 aromatic heterocycles. The Bertz CT molecular complexity index is 1230. The minimum absolute atomic E-state index is 0. The standard InChI is InChI=1S/C9H10O.C8H8N2O.C8H8O.C2H4.3CH3.4ClH.2Ru/c1-3-8-6-4-5-7-9(8)10-2;1-11-8-5-3-2-4-7(8)6-10-9;1-7-5-3-4-6-8(7)9-2;1-2;;;;;;;;;/h3-7H,1H2,2H3;2-6H,1H3;1,3-6H,2H3;1H,2H3;3*1H3;4*1H;;/q;;;;3*-1;;;;;2*+2/p-4. The maximum absolute atomic E-state index is 8.25. The molecule has 3 aromatic rings. The minimum Gasteiger partial charge on any atom is -0.358 e. The second-order valence-electron chi connectivity index (χ2n) is 6.39. The predicted molar refractivity (Wildman–Crippen MR) is 177 cm³/mol. The summed E-state index contributed by atoms with van der Waals surface area (Å²) in [6, 6.07) is 22.7. The van der Waals surface area contributed by atoms with Gasteiger partial charge in [-0.05, 0) is 18.2 Å². The summed E-state index contributed by atoms with van der Waals surface area (Å²) in [6.45, 7) is 5.53. The van der Waals surface area contributed by atoms with Crippen LogP contribution in [0.5, 0.6) is 17.2 Å². The van der Waals surface area contributed by atoms with Crippen LogP contribution >= 0.6 is 38.8 Å². The maximum atomic E-state index is 8.25. The van der Waals surface area contributed by atoms with Gasteiger partial charge in [-0.25, -0.2) is 0 Å². The number of benzene rings is 3. The normalized spacial score (nSPS) is 8.88. The van der Waals surface area contributed by atoms with Gasteiger partial charge in [0.05, 0.1) is 19.8 Å². The Kier molecular flexibility index (Phi) is 33.7. The molecule has 0 N–H and O–H groups in total. The van der Waals surface area contributed by atoms with E-state index in [1.165, 1.54) is 6.21 Å². The molecule has 3 aromatic carbocycles.